The Hall–Kier alpha value is -1.07. The molecule has 0 fully saturated rings. The van der Waals surface area contributed by atoms with Crippen LogP contribution >= 0.6 is 11.6 Å². The van der Waals surface area contributed by atoms with E-state index in [9.17, 15) is 4.79 Å². The van der Waals surface area contributed by atoms with Gasteiger partial charge in [0.1, 0.15) is 5.02 Å². The molecule has 0 saturated carbocycles. The third-order valence-corrected chi connectivity index (χ3v) is 2.95. The second kappa shape index (κ2) is 7.38. The van der Waals surface area contributed by atoms with Crippen molar-refractivity contribution >= 4 is 17.3 Å². The zero-order chi connectivity index (χ0) is 13.5. The van der Waals surface area contributed by atoms with Gasteiger partial charge in [-0.05, 0) is 19.8 Å². The number of aromatic nitrogens is 2. The zero-order valence-electron chi connectivity index (χ0n) is 10.8. The number of aliphatic hydroxyl groups is 1. The molecule has 5 nitrogen and oxygen atoms in total. The minimum atomic E-state index is -0.380. The average molecular weight is 274 g/mol. The highest BCUT2D eigenvalue weighted by Gasteiger charge is 2.08. The Morgan fingerprint density at radius 1 is 1.61 bits per heavy atom. The molecule has 102 valence electrons. The predicted octanol–water partition coefficient (Wildman–Crippen LogP) is 1.88. The first-order valence-corrected chi connectivity index (χ1v) is 6.61. The molecule has 0 amide bonds. The summed E-state index contributed by atoms with van der Waals surface area (Å²) < 4.78 is 1.38. The molecule has 1 atom stereocenters. The summed E-state index contributed by atoms with van der Waals surface area (Å²) in [5.41, 5.74) is 0.252. The summed E-state index contributed by atoms with van der Waals surface area (Å²) >= 11 is 5.99. The molecule has 1 rings (SSSR count). The maximum Gasteiger partial charge on any atom is 0.287 e. The van der Waals surface area contributed by atoms with Crippen LogP contribution in [0.3, 0.4) is 0 Å². The van der Waals surface area contributed by atoms with Crippen molar-refractivity contribution in [1.29, 1.82) is 0 Å². The molecular formula is C12H20ClN3O2. The van der Waals surface area contributed by atoms with E-state index in [1.54, 1.807) is 13.1 Å². The van der Waals surface area contributed by atoms with Gasteiger partial charge in [-0.1, -0.05) is 24.9 Å². The van der Waals surface area contributed by atoms with E-state index in [2.05, 4.69) is 17.3 Å². The van der Waals surface area contributed by atoms with Crippen LogP contribution in [0, 0.1) is 0 Å². The van der Waals surface area contributed by atoms with Gasteiger partial charge in [0.2, 0.25) is 0 Å². The maximum atomic E-state index is 11.9. The van der Waals surface area contributed by atoms with E-state index in [0.29, 0.717) is 25.2 Å². The highest BCUT2D eigenvalue weighted by atomic mass is 35.5. The molecule has 18 heavy (non-hydrogen) atoms. The Labute approximate surface area is 112 Å². The van der Waals surface area contributed by atoms with Crippen LogP contribution in [0.15, 0.2) is 11.0 Å². The van der Waals surface area contributed by atoms with E-state index in [4.69, 9.17) is 16.7 Å². The standard InChI is InChI=1S/C12H20ClN3O2/c1-3-4-7-16-12(18)11(13)10(8-15-16)14-6-5-9(2)17/h8-9,14,17H,3-7H2,1-2H3. The number of hydrogen-bond donors (Lipinski definition) is 2. The van der Waals surface area contributed by atoms with Crippen molar-refractivity contribution in [2.45, 2.75) is 45.8 Å². The molecular weight excluding hydrogens is 254 g/mol. The fourth-order valence-electron chi connectivity index (χ4n) is 1.47. The minimum Gasteiger partial charge on any atom is -0.393 e. The van der Waals surface area contributed by atoms with Gasteiger partial charge in [0.05, 0.1) is 18.0 Å². The van der Waals surface area contributed by atoms with Crippen LogP contribution < -0.4 is 10.9 Å². The SMILES string of the molecule is CCCCn1ncc(NCCC(C)O)c(Cl)c1=O. The number of halogens is 1. The average Bonchev–Trinajstić information content (AvgIpc) is 2.33. The largest absolute Gasteiger partial charge is 0.393 e. The van der Waals surface area contributed by atoms with Gasteiger partial charge in [0.15, 0.2) is 0 Å². The number of unbranched alkanes of at least 4 members (excludes halogenated alkanes) is 1. The number of nitrogens with one attached hydrogen (secondary N) is 1. The molecule has 0 aliphatic carbocycles. The molecule has 1 aromatic rings. The van der Waals surface area contributed by atoms with Crippen molar-refractivity contribution < 1.29 is 5.11 Å². The number of rotatable bonds is 7. The van der Waals surface area contributed by atoms with Crippen LogP contribution in [0.25, 0.3) is 0 Å². The normalized spacial score (nSPS) is 12.4. The lowest BCUT2D eigenvalue weighted by molar-refractivity contribution is 0.189. The summed E-state index contributed by atoms with van der Waals surface area (Å²) in [5.74, 6) is 0. The third kappa shape index (κ3) is 4.31. The van der Waals surface area contributed by atoms with Crippen molar-refractivity contribution in [2.24, 2.45) is 0 Å². The monoisotopic (exact) mass is 273 g/mol. The molecule has 6 heteroatoms. The lowest BCUT2D eigenvalue weighted by Gasteiger charge is -2.10. The maximum absolute atomic E-state index is 11.9. The molecule has 2 N–H and O–H groups in total. The van der Waals surface area contributed by atoms with Crippen LogP contribution in [0.5, 0.6) is 0 Å². The second-order valence-electron chi connectivity index (χ2n) is 4.32. The second-order valence-corrected chi connectivity index (χ2v) is 4.70. The number of nitrogens with zero attached hydrogens (tertiary/aromatic N) is 2. The lowest BCUT2D eigenvalue weighted by atomic mass is 10.3. The van der Waals surface area contributed by atoms with Crippen molar-refractivity contribution in [3.8, 4) is 0 Å². The van der Waals surface area contributed by atoms with Gasteiger partial charge < -0.3 is 10.4 Å². The predicted molar refractivity (Wildman–Crippen MR) is 73.2 cm³/mol. The molecule has 1 heterocycles. The van der Waals surface area contributed by atoms with Gasteiger partial charge in [-0.25, -0.2) is 4.68 Å². The molecule has 0 radical (unpaired) electrons. The van der Waals surface area contributed by atoms with E-state index in [0.717, 1.165) is 12.8 Å². The molecule has 0 aliphatic rings. The fourth-order valence-corrected chi connectivity index (χ4v) is 1.68. The van der Waals surface area contributed by atoms with Gasteiger partial charge in [-0.3, -0.25) is 4.79 Å². The first-order valence-electron chi connectivity index (χ1n) is 6.23. The topological polar surface area (TPSA) is 67.2 Å². The van der Waals surface area contributed by atoms with Crippen LogP contribution in [0.2, 0.25) is 5.02 Å². The molecule has 1 unspecified atom stereocenters. The number of hydrogen-bond acceptors (Lipinski definition) is 4. The third-order valence-electron chi connectivity index (χ3n) is 2.59. The summed E-state index contributed by atoms with van der Waals surface area (Å²) in [6.45, 7) is 4.91. The highest BCUT2D eigenvalue weighted by Crippen LogP contribution is 2.15. The number of aryl methyl sites for hydroxylation is 1. The summed E-state index contributed by atoms with van der Waals surface area (Å²) in [6, 6.07) is 0. The van der Waals surface area contributed by atoms with Gasteiger partial charge in [0, 0.05) is 13.1 Å². The van der Waals surface area contributed by atoms with Gasteiger partial charge in [0.25, 0.3) is 5.56 Å². The number of anilines is 1. The fraction of sp³-hybridized carbons (Fsp3) is 0.667. The number of aliphatic hydroxyl groups excluding tert-OH is 1. The summed E-state index contributed by atoms with van der Waals surface area (Å²) in [6.07, 6.45) is 3.67. The molecule has 0 aliphatic heterocycles. The molecule has 0 bridgehead atoms. The van der Waals surface area contributed by atoms with Crippen molar-refractivity contribution in [3.63, 3.8) is 0 Å². The van der Waals surface area contributed by atoms with E-state index < -0.39 is 0 Å². The highest BCUT2D eigenvalue weighted by molar-refractivity contribution is 6.32. The Balaban J connectivity index is 2.71. The zero-order valence-corrected chi connectivity index (χ0v) is 11.6. The summed E-state index contributed by atoms with van der Waals surface area (Å²) in [5, 5.41) is 16.4. The molecule has 0 aromatic carbocycles. The Morgan fingerprint density at radius 3 is 2.94 bits per heavy atom. The van der Waals surface area contributed by atoms with Crippen LogP contribution in [-0.4, -0.2) is 27.5 Å². The van der Waals surface area contributed by atoms with Gasteiger partial charge in [-0.15, -0.1) is 0 Å². The lowest BCUT2D eigenvalue weighted by Crippen LogP contribution is -2.24. The molecule has 1 aromatic heterocycles. The van der Waals surface area contributed by atoms with Gasteiger partial charge in [-0.2, -0.15) is 5.10 Å². The van der Waals surface area contributed by atoms with Crippen molar-refractivity contribution in [1.82, 2.24) is 9.78 Å². The summed E-state index contributed by atoms with van der Waals surface area (Å²) in [4.78, 5) is 11.9. The van der Waals surface area contributed by atoms with Crippen LogP contribution in [0.1, 0.15) is 33.1 Å². The molecule has 0 saturated heterocycles. The minimum absolute atomic E-state index is 0.159. The first kappa shape index (κ1) is 15.0. The Kier molecular flexibility index (Phi) is 6.15. The van der Waals surface area contributed by atoms with Crippen molar-refractivity contribution in [3.05, 3.63) is 21.6 Å². The first-order chi connectivity index (χ1) is 8.56. The molecule has 0 spiro atoms. The van der Waals surface area contributed by atoms with Crippen LogP contribution in [0.4, 0.5) is 5.69 Å². The Bertz CT molecular complexity index is 432. The smallest absolute Gasteiger partial charge is 0.287 e. The quantitative estimate of drug-likeness (QED) is 0.796. The van der Waals surface area contributed by atoms with E-state index >= 15 is 0 Å². The summed E-state index contributed by atoms with van der Waals surface area (Å²) in [7, 11) is 0. The van der Waals surface area contributed by atoms with E-state index in [-0.39, 0.29) is 16.7 Å². The van der Waals surface area contributed by atoms with Crippen LogP contribution in [-0.2, 0) is 6.54 Å². The Morgan fingerprint density at radius 2 is 2.33 bits per heavy atom. The van der Waals surface area contributed by atoms with E-state index in [1.165, 1.54) is 4.68 Å². The van der Waals surface area contributed by atoms with E-state index in [1.807, 2.05) is 0 Å². The van der Waals surface area contributed by atoms with Gasteiger partial charge >= 0.3 is 0 Å². The van der Waals surface area contributed by atoms with Crippen molar-refractivity contribution in [2.75, 3.05) is 11.9 Å².